The van der Waals surface area contributed by atoms with Crippen molar-refractivity contribution in [3.8, 4) is 28.4 Å². The van der Waals surface area contributed by atoms with Crippen LogP contribution in [0.1, 0.15) is 19.4 Å². The van der Waals surface area contributed by atoms with Crippen molar-refractivity contribution in [3.05, 3.63) is 64.3 Å². The highest BCUT2D eigenvalue weighted by Crippen LogP contribution is 2.46. The van der Waals surface area contributed by atoms with Gasteiger partial charge in [-0.1, -0.05) is 0 Å². The molecule has 2 aromatic carbocycles. The first-order valence-corrected chi connectivity index (χ1v) is 8.11. The van der Waals surface area contributed by atoms with Crippen LogP contribution in [0.15, 0.2) is 48.7 Å². The van der Waals surface area contributed by atoms with Crippen molar-refractivity contribution >= 4 is 5.69 Å². The van der Waals surface area contributed by atoms with Crippen molar-refractivity contribution in [1.29, 1.82) is 0 Å². The van der Waals surface area contributed by atoms with Crippen LogP contribution < -0.4 is 9.47 Å². The second-order valence-electron chi connectivity index (χ2n) is 6.57. The van der Waals surface area contributed by atoms with Gasteiger partial charge in [0.1, 0.15) is 17.1 Å². The molecule has 7 nitrogen and oxygen atoms in total. The van der Waals surface area contributed by atoms with E-state index in [1.165, 1.54) is 12.1 Å². The average molecular weight is 351 g/mol. The Hall–Kier alpha value is -3.35. The Morgan fingerprint density at radius 1 is 1.19 bits per heavy atom. The molecule has 0 amide bonds. The molecule has 0 spiro atoms. The first-order valence-electron chi connectivity index (χ1n) is 8.11. The standard InChI is InChI=1S/C19H17N3O4/c1-19(2)16-11-20-21(12-4-6-13(7-5-12)22(23)24)18(16)15-9-8-14(25-3)10-17(15)26-19/h4-11H,1-3H3. The lowest BCUT2D eigenvalue weighted by atomic mass is 9.91. The van der Waals surface area contributed by atoms with Crippen molar-refractivity contribution in [2.75, 3.05) is 7.11 Å². The third-order valence-corrected chi connectivity index (χ3v) is 4.53. The topological polar surface area (TPSA) is 79.4 Å². The molecule has 0 aliphatic carbocycles. The molecule has 0 saturated carbocycles. The molecule has 0 bridgehead atoms. The number of nitro benzene ring substituents is 1. The monoisotopic (exact) mass is 351 g/mol. The zero-order chi connectivity index (χ0) is 18.5. The second-order valence-corrected chi connectivity index (χ2v) is 6.57. The summed E-state index contributed by atoms with van der Waals surface area (Å²) in [5.74, 6) is 1.43. The summed E-state index contributed by atoms with van der Waals surface area (Å²) in [5.41, 5.74) is 2.99. The Kier molecular flexibility index (Phi) is 3.47. The minimum absolute atomic E-state index is 0.0450. The van der Waals surface area contributed by atoms with Crippen LogP contribution in [0.25, 0.3) is 16.9 Å². The lowest BCUT2D eigenvalue weighted by Gasteiger charge is -2.33. The van der Waals surface area contributed by atoms with E-state index in [0.717, 1.165) is 22.5 Å². The van der Waals surface area contributed by atoms with E-state index in [4.69, 9.17) is 9.47 Å². The smallest absolute Gasteiger partial charge is 0.269 e. The van der Waals surface area contributed by atoms with Crippen molar-refractivity contribution < 1.29 is 14.4 Å². The van der Waals surface area contributed by atoms with Crippen molar-refractivity contribution in [2.45, 2.75) is 19.4 Å². The quantitative estimate of drug-likeness (QED) is 0.525. The minimum Gasteiger partial charge on any atom is -0.497 e. The number of fused-ring (bicyclic) bond motifs is 3. The number of aromatic nitrogens is 2. The molecule has 3 aromatic rings. The Morgan fingerprint density at radius 2 is 1.92 bits per heavy atom. The Labute approximate surface area is 149 Å². The van der Waals surface area contributed by atoms with E-state index >= 15 is 0 Å². The number of nitro groups is 1. The van der Waals surface area contributed by atoms with E-state index in [9.17, 15) is 10.1 Å². The van der Waals surface area contributed by atoms with E-state index in [1.54, 1.807) is 30.1 Å². The van der Waals surface area contributed by atoms with Gasteiger partial charge < -0.3 is 9.47 Å². The van der Waals surface area contributed by atoms with Crippen LogP contribution in [-0.4, -0.2) is 21.8 Å². The highest BCUT2D eigenvalue weighted by Gasteiger charge is 2.36. The molecule has 7 heteroatoms. The zero-order valence-electron chi connectivity index (χ0n) is 14.6. The number of rotatable bonds is 3. The fraction of sp³-hybridized carbons (Fsp3) is 0.211. The number of benzene rings is 2. The summed E-state index contributed by atoms with van der Waals surface area (Å²) < 4.78 is 13.3. The number of hydrogen-bond acceptors (Lipinski definition) is 5. The maximum Gasteiger partial charge on any atom is 0.269 e. The van der Waals surface area contributed by atoms with Gasteiger partial charge in [0, 0.05) is 29.3 Å². The molecule has 132 valence electrons. The van der Waals surface area contributed by atoms with Gasteiger partial charge in [0.05, 0.1) is 29.6 Å². The third kappa shape index (κ3) is 2.40. The molecular formula is C19H17N3O4. The normalized spacial score (nSPS) is 14.1. The molecule has 0 saturated heterocycles. The van der Waals surface area contributed by atoms with Crippen LogP contribution in [0, 0.1) is 10.1 Å². The molecule has 0 radical (unpaired) electrons. The van der Waals surface area contributed by atoms with Gasteiger partial charge in [-0.05, 0) is 38.1 Å². The van der Waals surface area contributed by atoms with Crippen LogP contribution in [-0.2, 0) is 5.60 Å². The Morgan fingerprint density at radius 3 is 2.58 bits per heavy atom. The lowest BCUT2D eigenvalue weighted by molar-refractivity contribution is -0.384. The van der Waals surface area contributed by atoms with E-state index in [0.29, 0.717) is 11.5 Å². The van der Waals surface area contributed by atoms with Gasteiger partial charge in [0.15, 0.2) is 0 Å². The lowest BCUT2D eigenvalue weighted by Crippen LogP contribution is -2.29. The maximum atomic E-state index is 10.9. The molecule has 2 heterocycles. The van der Waals surface area contributed by atoms with Gasteiger partial charge in [-0.15, -0.1) is 0 Å². The summed E-state index contributed by atoms with van der Waals surface area (Å²) in [6, 6.07) is 12.0. The highest BCUT2D eigenvalue weighted by atomic mass is 16.6. The van der Waals surface area contributed by atoms with Crippen LogP contribution in [0.4, 0.5) is 5.69 Å². The average Bonchev–Trinajstić information content (AvgIpc) is 3.07. The fourth-order valence-corrected chi connectivity index (χ4v) is 3.20. The number of ether oxygens (including phenoxy) is 2. The van der Waals surface area contributed by atoms with Crippen LogP contribution in [0.2, 0.25) is 0 Å². The number of hydrogen-bond donors (Lipinski definition) is 0. The van der Waals surface area contributed by atoms with Gasteiger partial charge in [-0.3, -0.25) is 10.1 Å². The molecule has 1 aliphatic rings. The molecule has 0 unspecified atom stereocenters. The minimum atomic E-state index is -0.562. The largest absolute Gasteiger partial charge is 0.497 e. The number of non-ortho nitro benzene ring substituents is 1. The van der Waals surface area contributed by atoms with Crippen molar-refractivity contribution in [2.24, 2.45) is 0 Å². The highest BCUT2D eigenvalue weighted by molar-refractivity contribution is 5.76. The van der Waals surface area contributed by atoms with Gasteiger partial charge in [-0.2, -0.15) is 5.10 Å². The van der Waals surface area contributed by atoms with Crippen LogP contribution >= 0.6 is 0 Å². The third-order valence-electron chi connectivity index (χ3n) is 4.53. The Balaban J connectivity index is 1.90. The van der Waals surface area contributed by atoms with Gasteiger partial charge in [0.25, 0.3) is 5.69 Å². The predicted octanol–water partition coefficient (Wildman–Crippen LogP) is 4.08. The van der Waals surface area contributed by atoms with Crippen LogP contribution in [0.3, 0.4) is 0 Å². The van der Waals surface area contributed by atoms with Gasteiger partial charge >= 0.3 is 0 Å². The molecule has 1 aliphatic heterocycles. The molecule has 0 fully saturated rings. The zero-order valence-corrected chi connectivity index (χ0v) is 14.6. The Bertz CT molecular complexity index is 1010. The molecule has 0 atom stereocenters. The molecule has 1 aromatic heterocycles. The SMILES string of the molecule is COc1ccc2c(c1)OC(C)(C)c1cnn(-c3ccc([N+](=O)[O-])cc3)c1-2. The van der Waals surface area contributed by atoms with Crippen molar-refractivity contribution in [3.63, 3.8) is 0 Å². The van der Waals surface area contributed by atoms with E-state index < -0.39 is 10.5 Å². The molecule has 0 N–H and O–H groups in total. The second kappa shape index (κ2) is 5.59. The molecular weight excluding hydrogens is 334 g/mol. The number of methoxy groups -OCH3 is 1. The van der Waals surface area contributed by atoms with Gasteiger partial charge in [0.2, 0.25) is 0 Å². The fourth-order valence-electron chi connectivity index (χ4n) is 3.20. The summed E-state index contributed by atoms with van der Waals surface area (Å²) in [6.07, 6.45) is 1.78. The first kappa shape index (κ1) is 16.1. The first-order chi connectivity index (χ1) is 12.4. The maximum absolute atomic E-state index is 10.9. The molecule has 4 rings (SSSR count). The summed E-state index contributed by atoms with van der Waals surface area (Å²) in [5, 5.41) is 15.4. The summed E-state index contributed by atoms with van der Waals surface area (Å²) in [4.78, 5) is 10.5. The van der Waals surface area contributed by atoms with E-state index in [2.05, 4.69) is 5.10 Å². The van der Waals surface area contributed by atoms with Gasteiger partial charge in [-0.25, -0.2) is 4.68 Å². The number of nitrogens with zero attached hydrogens (tertiary/aromatic N) is 3. The van der Waals surface area contributed by atoms with Crippen molar-refractivity contribution in [1.82, 2.24) is 9.78 Å². The summed E-state index contributed by atoms with van der Waals surface area (Å²) in [7, 11) is 1.61. The van der Waals surface area contributed by atoms with Crippen LogP contribution in [0.5, 0.6) is 11.5 Å². The van der Waals surface area contributed by atoms with E-state index in [1.807, 2.05) is 32.0 Å². The predicted molar refractivity (Wildman–Crippen MR) is 95.9 cm³/mol. The summed E-state index contributed by atoms with van der Waals surface area (Å²) >= 11 is 0. The summed E-state index contributed by atoms with van der Waals surface area (Å²) in [6.45, 7) is 3.96. The molecule has 26 heavy (non-hydrogen) atoms. The van der Waals surface area contributed by atoms with E-state index in [-0.39, 0.29) is 5.69 Å².